The zero-order chi connectivity index (χ0) is 13.1. The second-order valence-electron chi connectivity index (χ2n) is 3.42. The number of hydrogen-bond acceptors (Lipinski definition) is 4. The molecule has 0 unspecified atom stereocenters. The first kappa shape index (κ1) is 13.6. The van der Waals surface area contributed by atoms with E-state index < -0.39 is 12.1 Å². The van der Waals surface area contributed by atoms with Crippen LogP contribution in [-0.2, 0) is 9.53 Å². The van der Waals surface area contributed by atoms with Gasteiger partial charge in [-0.3, -0.25) is 4.90 Å². The summed E-state index contributed by atoms with van der Waals surface area (Å²) in [5.41, 5.74) is 0. The van der Waals surface area contributed by atoms with Crippen LogP contribution >= 0.6 is 0 Å². The molecule has 2 aliphatic heterocycles. The second-order valence-corrected chi connectivity index (χ2v) is 3.42. The first-order valence-electron chi connectivity index (χ1n) is 4.76. The lowest BCUT2D eigenvalue weighted by atomic mass is 10.1. The molecule has 0 atom stereocenters. The molecule has 2 fully saturated rings. The number of carboxylic acid groups (broad SMARTS) is 1. The van der Waals surface area contributed by atoms with Gasteiger partial charge in [-0.15, -0.1) is 0 Å². The molecule has 6 nitrogen and oxygen atoms in total. The van der Waals surface area contributed by atoms with E-state index in [-0.39, 0.29) is 6.09 Å². The van der Waals surface area contributed by atoms with Crippen molar-refractivity contribution in [3.8, 4) is 0 Å². The predicted octanol–water partition coefficient (Wildman–Crippen LogP) is 0.0437. The number of aliphatic carboxylic acids is 1. The van der Waals surface area contributed by atoms with Crippen LogP contribution in [0.25, 0.3) is 0 Å². The molecular formula is C8H11F3N2O4. The normalized spacial score (nSPS) is 20.2. The highest BCUT2D eigenvalue weighted by atomic mass is 19.4. The molecule has 2 aliphatic rings. The quantitative estimate of drug-likeness (QED) is 0.692. The van der Waals surface area contributed by atoms with Gasteiger partial charge >= 0.3 is 18.2 Å². The monoisotopic (exact) mass is 256 g/mol. The Morgan fingerprint density at radius 2 is 2.00 bits per heavy atom. The van der Waals surface area contributed by atoms with Gasteiger partial charge < -0.3 is 15.2 Å². The summed E-state index contributed by atoms with van der Waals surface area (Å²) < 4.78 is 36.5. The number of rotatable bonds is 1. The molecule has 2 saturated heterocycles. The Kier molecular flexibility index (Phi) is 4.16. The summed E-state index contributed by atoms with van der Waals surface area (Å²) in [6.07, 6.45) is -5.23. The molecule has 9 heteroatoms. The van der Waals surface area contributed by atoms with Crippen LogP contribution in [0.15, 0.2) is 0 Å². The van der Waals surface area contributed by atoms with E-state index >= 15 is 0 Å². The fourth-order valence-corrected chi connectivity index (χ4v) is 1.23. The molecule has 0 saturated carbocycles. The number of alkyl halides is 3. The molecule has 0 aromatic heterocycles. The van der Waals surface area contributed by atoms with Crippen LogP contribution in [0, 0.1) is 0 Å². The van der Waals surface area contributed by atoms with Crippen LogP contribution in [0.3, 0.4) is 0 Å². The largest absolute Gasteiger partial charge is 0.490 e. The van der Waals surface area contributed by atoms with Crippen molar-refractivity contribution < 1.29 is 32.6 Å². The molecule has 1 amide bonds. The molecule has 0 aromatic carbocycles. The lowest BCUT2D eigenvalue weighted by molar-refractivity contribution is -0.192. The summed E-state index contributed by atoms with van der Waals surface area (Å²) in [6, 6.07) is 0.398. The van der Waals surface area contributed by atoms with Gasteiger partial charge in [-0.2, -0.15) is 13.2 Å². The summed E-state index contributed by atoms with van der Waals surface area (Å²) in [6.45, 7) is 3.19. The number of carbonyl (C=O) groups is 2. The highest BCUT2D eigenvalue weighted by Gasteiger charge is 2.38. The number of ether oxygens (including phenoxy) is 1. The van der Waals surface area contributed by atoms with Crippen LogP contribution in [0.4, 0.5) is 18.0 Å². The number of halogens is 3. The number of carbonyl (C=O) groups excluding carboxylic acids is 1. The van der Waals surface area contributed by atoms with Crippen LogP contribution in [-0.4, -0.2) is 60.5 Å². The van der Waals surface area contributed by atoms with E-state index in [1.54, 1.807) is 4.90 Å². The van der Waals surface area contributed by atoms with Crippen molar-refractivity contribution in [3.63, 3.8) is 0 Å². The Bertz CT molecular complexity index is 304. The van der Waals surface area contributed by atoms with Crippen molar-refractivity contribution in [1.29, 1.82) is 0 Å². The highest BCUT2D eigenvalue weighted by molar-refractivity contribution is 5.73. The maximum Gasteiger partial charge on any atom is 0.490 e. The van der Waals surface area contributed by atoms with E-state index in [1.165, 1.54) is 0 Å². The highest BCUT2D eigenvalue weighted by Crippen LogP contribution is 2.13. The molecular weight excluding hydrogens is 245 g/mol. The van der Waals surface area contributed by atoms with E-state index in [9.17, 15) is 18.0 Å². The minimum absolute atomic E-state index is 0.147. The topological polar surface area (TPSA) is 78.9 Å². The van der Waals surface area contributed by atoms with Crippen molar-refractivity contribution in [2.24, 2.45) is 0 Å². The number of hydrogen-bond donors (Lipinski definition) is 2. The summed E-state index contributed by atoms with van der Waals surface area (Å²) in [5.74, 6) is -2.76. The fourth-order valence-electron chi connectivity index (χ4n) is 1.23. The molecule has 0 spiro atoms. The molecule has 2 heterocycles. The lowest BCUT2D eigenvalue weighted by Gasteiger charge is -2.33. The number of carboxylic acids is 1. The first-order chi connectivity index (χ1) is 7.82. The molecule has 0 bridgehead atoms. The third-order valence-corrected chi connectivity index (χ3v) is 2.24. The maximum atomic E-state index is 10.9. The van der Waals surface area contributed by atoms with Crippen molar-refractivity contribution in [2.75, 3.05) is 26.2 Å². The molecule has 0 aliphatic carbocycles. The number of cyclic esters (lactones) is 1. The minimum atomic E-state index is -5.08. The summed E-state index contributed by atoms with van der Waals surface area (Å²) >= 11 is 0. The van der Waals surface area contributed by atoms with E-state index in [1.807, 2.05) is 0 Å². The van der Waals surface area contributed by atoms with Crippen LogP contribution < -0.4 is 5.32 Å². The van der Waals surface area contributed by atoms with Gasteiger partial charge in [-0.1, -0.05) is 0 Å². The number of amides is 1. The van der Waals surface area contributed by atoms with Gasteiger partial charge in [0.1, 0.15) is 6.61 Å². The van der Waals surface area contributed by atoms with E-state index in [0.29, 0.717) is 12.6 Å². The summed E-state index contributed by atoms with van der Waals surface area (Å²) in [7, 11) is 0. The van der Waals surface area contributed by atoms with Gasteiger partial charge in [0.05, 0.1) is 12.6 Å². The Morgan fingerprint density at radius 1 is 1.47 bits per heavy atom. The van der Waals surface area contributed by atoms with Gasteiger partial charge in [0.25, 0.3) is 0 Å². The van der Waals surface area contributed by atoms with E-state index in [4.69, 9.17) is 14.6 Å². The summed E-state index contributed by atoms with van der Waals surface area (Å²) in [4.78, 5) is 21.6. The minimum Gasteiger partial charge on any atom is -0.475 e. The Balaban J connectivity index is 0.000000185. The summed E-state index contributed by atoms with van der Waals surface area (Å²) in [5, 5.41) is 10.2. The molecule has 2 rings (SSSR count). The van der Waals surface area contributed by atoms with Crippen LogP contribution in [0.1, 0.15) is 0 Å². The average Bonchev–Trinajstić information content (AvgIpc) is 2.49. The van der Waals surface area contributed by atoms with Gasteiger partial charge in [0, 0.05) is 13.1 Å². The smallest absolute Gasteiger partial charge is 0.475 e. The number of nitrogens with one attached hydrogen (secondary N) is 1. The van der Waals surface area contributed by atoms with Crippen molar-refractivity contribution in [3.05, 3.63) is 0 Å². The fraction of sp³-hybridized carbons (Fsp3) is 0.750. The zero-order valence-corrected chi connectivity index (χ0v) is 8.66. The second kappa shape index (κ2) is 5.21. The molecule has 17 heavy (non-hydrogen) atoms. The van der Waals surface area contributed by atoms with Gasteiger partial charge in [-0.05, 0) is 0 Å². The van der Waals surface area contributed by atoms with Gasteiger partial charge in [-0.25, -0.2) is 9.59 Å². The maximum absolute atomic E-state index is 10.9. The molecule has 98 valence electrons. The van der Waals surface area contributed by atoms with Gasteiger partial charge in [0.2, 0.25) is 0 Å². The van der Waals surface area contributed by atoms with Crippen molar-refractivity contribution >= 4 is 12.1 Å². The molecule has 0 aromatic rings. The first-order valence-corrected chi connectivity index (χ1v) is 4.76. The van der Waals surface area contributed by atoms with Crippen molar-refractivity contribution in [2.45, 2.75) is 12.2 Å². The third-order valence-electron chi connectivity index (χ3n) is 2.24. The molecule has 0 radical (unpaired) electrons. The number of nitrogens with zero attached hydrogens (tertiary/aromatic N) is 1. The van der Waals surface area contributed by atoms with E-state index in [0.717, 1.165) is 19.6 Å². The van der Waals surface area contributed by atoms with Gasteiger partial charge in [0.15, 0.2) is 0 Å². The van der Waals surface area contributed by atoms with E-state index in [2.05, 4.69) is 5.32 Å². The van der Waals surface area contributed by atoms with Crippen LogP contribution in [0.2, 0.25) is 0 Å². The Morgan fingerprint density at radius 3 is 2.24 bits per heavy atom. The standard InChI is InChI=1S/C6H10N2O2.C2HF3O2/c9-6-8(1-2-10-6)5-3-7-4-5;3-2(4,5)1(6)7/h5,7H,1-4H2;(H,6,7). The Hall–Kier alpha value is -1.51. The predicted molar refractivity (Wildman–Crippen MR) is 48.4 cm³/mol. The molecule has 2 N–H and O–H groups in total. The van der Waals surface area contributed by atoms with Crippen molar-refractivity contribution in [1.82, 2.24) is 10.2 Å². The van der Waals surface area contributed by atoms with Crippen LogP contribution in [0.5, 0.6) is 0 Å². The SMILES string of the molecule is O=C(O)C(F)(F)F.O=C1OCCN1C1CNC1. The third kappa shape index (κ3) is 3.77. The lowest BCUT2D eigenvalue weighted by Crippen LogP contribution is -2.57. The Labute approximate surface area is 94.3 Å². The average molecular weight is 256 g/mol. The zero-order valence-electron chi connectivity index (χ0n) is 8.66.